The maximum atomic E-state index is 13.0. The highest BCUT2D eigenvalue weighted by atomic mass is 32.2. The normalized spacial score (nSPS) is 14.0. The van der Waals surface area contributed by atoms with Gasteiger partial charge in [0.15, 0.2) is 5.78 Å². The van der Waals surface area contributed by atoms with E-state index in [-0.39, 0.29) is 17.4 Å². The van der Waals surface area contributed by atoms with Crippen LogP contribution in [0.5, 0.6) is 0 Å². The van der Waals surface area contributed by atoms with Crippen LogP contribution >= 0.6 is 11.8 Å². The van der Waals surface area contributed by atoms with Gasteiger partial charge in [-0.1, -0.05) is 11.8 Å². The quantitative estimate of drug-likeness (QED) is 0.468. The third-order valence-corrected chi connectivity index (χ3v) is 5.34. The highest BCUT2D eigenvalue weighted by Crippen LogP contribution is 2.38. The van der Waals surface area contributed by atoms with Crippen molar-refractivity contribution in [1.82, 2.24) is 14.8 Å². The van der Waals surface area contributed by atoms with Crippen molar-refractivity contribution in [3.63, 3.8) is 0 Å². The van der Waals surface area contributed by atoms with Crippen molar-refractivity contribution in [3.8, 4) is 11.5 Å². The van der Waals surface area contributed by atoms with Gasteiger partial charge in [-0.25, -0.2) is 4.39 Å². The summed E-state index contributed by atoms with van der Waals surface area (Å²) in [5.41, 5.74) is 3.58. The Morgan fingerprint density at radius 1 is 1.27 bits per heavy atom. The Morgan fingerprint density at radius 3 is 2.69 bits per heavy atom. The largest absolute Gasteiger partial charge is 0.411 e. The molecule has 4 rings (SSSR count). The molecule has 0 spiro atoms. The van der Waals surface area contributed by atoms with E-state index in [0.717, 1.165) is 17.0 Å². The Morgan fingerprint density at radius 2 is 2.00 bits per heavy atom. The second-order valence-corrected chi connectivity index (χ2v) is 7.40. The number of nitrogens with zero attached hydrogens (tertiary/aromatic N) is 3. The van der Waals surface area contributed by atoms with E-state index in [1.54, 1.807) is 12.1 Å². The van der Waals surface area contributed by atoms with Crippen LogP contribution in [0.15, 0.2) is 40.0 Å². The minimum atomic E-state index is -0.322. The lowest BCUT2D eigenvalue weighted by Crippen LogP contribution is -2.05. The Labute approximate surface area is 154 Å². The number of aromatic nitrogens is 3. The van der Waals surface area contributed by atoms with Crippen molar-refractivity contribution in [1.29, 1.82) is 0 Å². The maximum Gasteiger partial charge on any atom is 0.277 e. The number of carbonyl (C=O) groups excluding carboxylic acids is 1. The molecule has 134 valence electrons. The molecule has 26 heavy (non-hydrogen) atoms. The smallest absolute Gasteiger partial charge is 0.277 e. The fourth-order valence-electron chi connectivity index (χ4n) is 3.14. The van der Waals surface area contributed by atoms with E-state index in [1.807, 2.05) is 19.9 Å². The average Bonchev–Trinajstić information content (AvgIpc) is 3.26. The van der Waals surface area contributed by atoms with E-state index < -0.39 is 0 Å². The van der Waals surface area contributed by atoms with Crippen LogP contribution in [-0.4, -0.2) is 26.3 Å². The van der Waals surface area contributed by atoms with Gasteiger partial charge in [0.25, 0.3) is 5.22 Å². The molecular weight excluding hydrogens is 353 g/mol. The average molecular weight is 371 g/mol. The molecule has 2 aromatic heterocycles. The molecular formula is C19H18FN3O2S. The summed E-state index contributed by atoms with van der Waals surface area (Å²) in [6.45, 7) is 4.05. The van der Waals surface area contributed by atoms with Crippen molar-refractivity contribution in [2.75, 3.05) is 5.75 Å². The first-order chi connectivity index (χ1) is 12.5. The predicted molar refractivity (Wildman–Crippen MR) is 96.9 cm³/mol. The molecule has 0 amide bonds. The topological polar surface area (TPSA) is 60.9 Å². The summed E-state index contributed by atoms with van der Waals surface area (Å²) in [5.74, 6) is 0.278. The minimum absolute atomic E-state index is 0.0523. The second-order valence-electron chi connectivity index (χ2n) is 6.48. The number of aryl methyl sites for hydroxylation is 1. The van der Waals surface area contributed by atoms with Crippen molar-refractivity contribution in [3.05, 3.63) is 53.1 Å². The standard InChI is InChI=1S/C19H18FN3O2S/c1-11-9-16(12(2)23(11)15-7-8-15)17(24)10-26-19-22-21-18(25-19)13-3-5-14(20)6-4-13/h3-6,9,15H,7-8,10H2,1-2H3. The van der Waals surface area contributed by atoms with Gasteiger partial charge in [0, 0.05) is 28.6 Å². The zero-order valence-corrected chi connectivity index (χ0v) is 15.3. The number of ketones is 1. The molecule has 1 fully saturated rings. The van der Waals surface area contributed by atoms with Gasteiger partial charge in [0.2, 0.25) is 5.89 Å². The highest BCUT2D eigenvalue weighted by Gasteiger charge is 2.28. The Balaban J connectivity index is 1.44. The summed E-state index contributed by atoms with van der Waals surface area (Å²) in [4.78, 5) is 12.6. The molecule has 1 aliphatic rings. The van der Waals surface area contributed by atoms with Gasteiger partial charge in [-0.05, 0) is 57.0 Å². The number of carbonyl (C=O) groups is 1. The highest BCUT2D eigenvalue weighted by molar-refractivity contribution is 7.99. The molecule has 0 saturated heterocycles. The van der Waals surface area contributed by atoms with Gasteiger partial charge in [-0.15, -0.1) is 10.2 Å². The fraction of sp³-hybridized carbons (Fsp3) is 0.316. The lowest BCUT2D eigenvalue weighted by molar-refractivity contribution is 0.102. The first kappa shape index (κ1) is 17.0. The summed E-state index contributed by atoms with van der Waals surface area (Å²) in [7, 11) is 0. The number of rotatable bonds is 6. The number of benzene rings is 1. The maximum absolute atomic E-state index is 13.0. The third kappa shape index (κ3) is 3.31. The lowest BCUT2D eigenvalue weighted by atomic mass is 10.2. The first-order valence-corrected chi connectivity index (χ1v) is 9.45. The summed E-state index contributed by atoms with van der Waals surface area (Å²) < 4.78 is 20.8. The van der Waals surface area contributed by atoms with Crippen LogP contribution in [-0.2, 0) is 0 Å². The Bertz CT molecular complexity index is 958. The van der Waals surface area contributed by atoms with Gasteiger partial charge < -0.3 is 8.98 Å². The van der Waals surface area contributed by atoms with Gasteiger partial charge in [-0.2, -0.15) is 0 Å². The molecule has 1 aliphatic carbocycles. The Kier molecular flexibility index (Phi) is 4.40. The number of hydrogen-bond acceptors (Lipinski definition) is 5. The molecule has 1 saturated carbocycles. The molecule has 1 aromatic carbocycles. The van der Waals surface area contributed by atoms with E-state index in [4.69, 9.17) is 4.42 Å². The number of Topliss-reactive ketones (excluding diaryl/α,β-unsaturated/α-hetero) is 1. The minimum Gasteiger partial charge on any atom is -0.411 e. The van der Waals surface area contributed by atoms with Crippen molar-refractivity contribution in [2.45, 2.75) is 38.0 Å². The van der Waals surface area contributed by atoms with Crippen LogP contribution in [0.25, 0.3) is 11.5 Å². The molecule has 0 radical (unpaired) electrons. The van der Waals surface area contributed by atoms with Crippen molar-refractivity contribution in [2.24, 2.45) is 0 Å². The van der Waals surface area contributed by atoms with Crippen LogP contribution in [0.4, 0.5) is 4.39 Å². The monoisotopic (exact) mass is 371 g/mol. The summed E-state index contributed by atoms with van der Waals surface area (Å²) in [6, 6.07) is 8.36. The first-order valence-electron chi connectivity index (χ1n) is 8.47. The van der Waals surface area contributed by atoms with Crippen molar-refractivity contribution < 1.29 is 13.6 Å². The fourth-order valence-corrected chi connectivity index (χ4v) is 3.78. The summed E-state index contributed by atoms with van der Waals surface area (Å²) in [5, 5.41) is 8.25. The molecule has 0 aliphatic heterocycles. The second kappa shape index (κ2) is 6.72. The van der Waals surface area contributed by atoms with Gasteiger partial charge in [-0.3, -0.25) is 4.79 Å². The zero-order chi connectivity index (χ0) is 18.3. The third-order valence-electron chi connectivity index (χ3n) is 4.52. The van der Waals surface area contributed by atoms with Crippen LogP contribution in [0.2, 0.25) is 0 Å². The van der Waals surface area contributed by atoms with Gasteiger partial charge >= 0.3 is 0 Å². The van der Waals surface area contributed by atoms with Gasteiger partial charge in [0.1, 0.15) is 5.82 Å². The molecule has 3 aromatic rings. The van der Waals surface area contributed by atoms with Crippen LogP contribution in [0, 0.1) is 19.7 Å². The molecule has 5 nitrogen and oxygen atoms in total. The van der Waals surface area contributed by atoms with E-state index in [1.165, 1.54) is 36.7 Å². The molecule has 0 unspecified atom stereocenters. The Hall–Kier alpha value is -2.41. The number of halogens is 1. The van der Waals surface area contributed by atoms with E-state index in [0.29, 0.717) is 22.7 Å². The molecule has 0 N–H and O–H groups in total. The van der Waals surface area contributed by atoms with Crippen molar-refractivity contribution >= 4 is 17.5 Å². The molecule has 0 atom stereocenters. The molecule has 7 heteroatoms. The zero-order valence-electron chi connectivity index (χ0n) is 14.5. The number of hydrogen-bond donors (Lipinski definition) is 0. The van der Waals surface area contributed by atoms with E-state index in [9.17, 15) is 9.18 Å². The van der Waals surface area contributed by atoms with Gasteiger partial charge in [0.05, 0.1) is 5.75 Å². The van der Waals surface area contributed by atoms with Crippen LogP contribution < -0.4 is 0 Å². The SMILES string of the molecule is Cc1cc(C(=O)CSc2nnc(-c3ccc(F)cc3)o2)c(C)n1C1CC1. The lowest BCUT2D eigenvalue weighted by Gasteiger charge is -2.07. The molecule has 0 bridgehead atoms. The summed E-state index contributed by atoms with van der Waals surface area (Å²) in [6.07, 6.45) is 2.37. The molecule has 2 heterocycles. The number of thioether (sulfide) groups is 1. The van der Waals surface area contributed by atoms with Crippen LogP contribution in [0.1, 0.15) is 40.6 Å². The predicted octanol–water partition coefficient (Wildman–Crippen LogP) is 4.60. The summed E-state index contributed by atoms with van der Waals surface area (Å²) >= 11 is 1.22. The van der Waals surface area contributed by atoms with E-state index in [2.05, 4.69) is 14.8 Å². The van der Waals surface area contributed by atoms with Crippen LogP contribution in [0.3, 0.4) is 0 Å². The van der Waals surface area contributed by atoms with E-state index >= 15 is 0 Å².